The molecule has 0 spiro atoms. The molecule has 1 unspecified atom stereocenters. The first-order chi connectivity index (χ1) is 12.7. The maximum atomic E-state index is 12.7. The highest BCUT2D eigenvalue weighted by molar-refractivity contribution is 5.96. The van der Waals surface area contributed by atoms with Gasteiger partial charge in [-0.2, -0.15) is 5.10 Å². The van der Waals surface area contributed by atoms with E-state index in [9.17, 15) is 4.79 Å². The number of anilines is 1. The fourth-order valence-electron chi connectivity index (χ4n) is 3.22. The average molecular weight is 349 g/mol. The molecule has 8 nitrogen and oxygen atoms in total. The molecule has 1 atom stereocenters. The van der Waals surface area contributed by atoms with Gasteiger partial charge in [0.15, 0.2) is 17.3 Å². The van der Waals surface area contributed by atoms with Gasteiger partial charge in [-0.3, -0.25) is 9.89 Å². The standard InChI is InChI=1S/C18H19N7O/c19-15-14(20-8-9-21-15)18(26)25-10-4-7-13(11-25)17-22-16(23-24-17)12-5-2-1-3-6-12/h1-3,5-6,8-9,13H,4,7,10-11H2,(H2,19,21)(H,22,23,24). The number of nitrogen functional groups attached to an aromatic ring is 1. The highest BCUT2D eigenvalue weighted by atomic mass is 16.2. The Labute approximate surface area is 150 Å². The van der Waals surface area contributed by atoms with Gasteiger partial charge >= 0.3 is 0 Å². The molecular formula is C18H19N7O. The Kier molecular flexibility index (Phi) is 4.30. The zero-order valence-electron chi connectivity index (χ0n) is 14.2. The topological polar surface area (TPSA) is 114 Å². The Morgan fingerprint density at radius 1 is 1.19 bits per heavy atom. The quantitative estimate of drug-likeness (QED) is 0.746. The third kappa shape index (κ3) is 3.13. The molecule has 0 bridgehead atoms. The first-order valence-corrected chi connectivity index (χ1v) is 8.56. The summed E-state index contributed by atoms with van der Waals surface area (Å²) < 4.78 is 0. The van der Waals surface area contributed by atoms with E-state index in [1.165, 1.54) is 12.4 Å². The number of nitrogens with two attached hydrogens (primary N) is 1. The summed E-state index contributed by atoms with van der Waals surface area (Å²) in [7, 11) is 0. The molecule has 0 aliphatic carbocycles. The van der Waals surface area contributed by atoms with E-state index in [2.05, 4.69) is 25.1 Å². The number of amides is 1. The van der Waals surface area contributed by atoms with Crippen molar-refractivity contribution in [2.24, 2.45) is 0 Å². The van der Waals surface area contributed by atoms with E-state index < -0.39 is 0 Å². The van der Waals surface area contributed by atoms with Crippen molar-refractivity contribution in [2.45, 2.75) is 18.8 Å². The summed E-state index contributed by atoms with van der Waals surface area (Å²) >= 11 is 0. The number of carbonyl (C=O) groups excluding carboxylic acids is 1. The second kappa shape index (κ2) is 6.91. The van der Waals surface area contributed by atoms with Crippen LogP contribution in [0.5, 0.6) is 0 Å². The zero-order valence-corrected chi connectivity index (χ0v) is 14.2. The van der Waals surface area contributed by atoms with Crippen molar-refractivity contribution >= 4 is 11.7 Å². The highest BCUT2D eigenvalue weighted by Gasteiger charge is 2.29. The SMILES string of the molecule is Nc1nccnc1C(=O)N1CCCC(c2nc(-c3ccccc3)n[nH]2)C1. The lowest BCUT2D eigenvalue weighted by Gasteiger charge is -2.31. The summed E-state index contributed by atoms with van der Waals surface area (Å²) in [6.07, 6.45) is 4.79. The smallest absolute Gasteiger partial charge is 0.276 e. The number of aromatic nitrogens is 5. The largest absolute Gasteiger partial charge is 0.382 e. The second-order valence-electron chi connectivity index (χ2n) is 6.29. The van der Waals surface area contributed by atoms with E-state index in [1.807, 2.05) is 30.3 Å². The van der Waals surface area contributed by atoms with Crippen LogP contribution in [-0.2, 0) is 0 Å². The molecule has 3 aromatic rings. The lowest BCUT2D eigenvalue weighted by Crippen LogP contribution is -2.40. The van der Waals surface area contributed by atoms with Gasteiger partial charge in [-0.25, -0.2) is 15.0 Å². The molecule has 8 heteroatoms. The molecular weight excluding hydrogens is 330 g/mol. The van der Waals surface area contributed by atoms with Crippen LogP contribution in [-0.4, -0.2) is 49.0 Å². The van der Waals surface area contributed by atoms with Gasteiger partial charge < -0.3 is 10.6 Å². The van der Waals surface area contributed by atoms with Crippen molar-refractivity contribution in [1.82, 2.24) is 30.0 Å². The molecule has 132 valence electrons. The van der Waals surface area contributed by atoms with Crippen LogP contribution in [0.4, 0.5) is 5.82 Å². The van der Waals surface area contributed by atoms with Crippen molar-refractivity contribution in [1.29, 1.82) is 0 Å². The summed E-state index contributed by atoms with van der Waals surface area (Å²) in [6.45, 7) is 1.23. The summed E-state index contributed by atoms with van der Waals surface area (Å²) in [5.74, 6) is 1.54. The average Bonchev–Trinajstić information content (AvgIpc) is 3.19. The van der Waals surface area contributed by atoms with Gasteiger partial charge in [0.25, 0.3) is 5.91 Å². The first-order valence-electron chi connectivity index (χ1n) is 8.56. The summed E-state index contributed by atoms with van der Waals surface area (Å²) in [6, 6.07) is 9.82. The maximum Gasteiger partial charge on any atom is 0.276 e. The number of hydrogen-bond donors (Lipinski definition) is 2. The zero-order chi connectivity index (χ0) is 17.9. The number of hydrogen-bond acceptors (Lipinski definition) is 6. The van der Waals surface area contributed by atoms with Gasteiger partial charge in [0.2, 0.25) is 0 Å². The van der Waals surface area contributed by atoms with E-state index in [1.54, 1.807) is 4.90 Å². The van der Waals surface area contributed by atoms with Gasteiger partial charge in [0, 0.05) is 37.0 Å². The van der Waals surface area contributed by atoms with Crippen molar-refractivity contribution in [3.8, 4) is 11.4 Å². The number of H-pyrrole nitrogens is 1. The van der Waals surface area contributed by atoms with Crippen molar-refractivity contribution in [3.63, 3.8) is 0 Å². The number of carbonyl (C=O) groups is 1. The number of rotatable bonds is 3. The van der Waals surface area contributed by atoms with E-state index in [-0.39, 0.29) is 23.3 Å². The predicted molar refractivity (Wildman–Crippen MR) is 96.1 cm³/mol. The van der Waals surface area contributed by atoms with Crippen LogP contribution in [0.25, 0.3) is 11.4 Å². The lowest BCUT2D eigenvalue weighted by molar-refractivity contribution is 0.0699. The molecule has 3 heterocycles. The van der Waals surface area contributed by atoms with Crippen LogP contribution in [0.3, 0.4) is 0 Å². The molecule has 26 heavy (non-hydrogen) atoms. The van der Waals surface area contributed by atoms with E-state index in [0.717, 1.165) is 24.2 Å². The monoisotopic (exact) mass is 349 g/mol. The Balaban J connectivity index is 1.52. The third-order valence-electron chi connectivity index (χ3n) is 4.56. The molecule has 2 aromatic heterocycles. The van der Waals surface area contributed by atoms with Gasteiger partial charge in [0.05, 0.1) is 0 Å². The minimum absolute atomic E-state index is 0.107. The minimum Gasteiger partial charge on any atom is -0.382 e. The molecule has 0 saturated carbocycles. The molecule has 1 aliphatic rings. The maximum absolute atomic E-state index is 12.7. The van der Waals surface area contributed by atoms with Crippen LogP contribution >= 0.6 is 0 Å². The van der Waals surface area contributed by atoms with Gasteiger partial charge in [-0.1, -0.05) is 30.3 Å². The number of piperidine rings is 1. The minimum atomic E-state index is -0.192. The third-order valence-corrected chi connectivity index (χ3v) is 4.56. The molecule has 4 rings (SSSR count). The summed E-state index contributed by atoms with van der Waals surface area (Å²) in [4.78, 5) is 27.1. The summed E-state index contributed by atoms with van der Waals surface area (Å²) in [5, 5.41) is 7.35. The predicted octanol–water partition coefficient (Wildman–Crippen LogP) is 1.86. The molecule has 1 saturated heterocycles. The number of benzene rings is 1. The van der Waals surface area contributed by atoms with Gasteiger partial charge in [0.1, 0.15) is 5.82 Å². The van der Waals surface area contributed by atoms with Crippen LogP contribution in [0.2, 0.25) is 0 Å². The van der Waals surface area contributed by atoms with Crippen LogP contribution in [0, 0.1) is 0 Å². The molecule has 0 radical (unpaired) electrons. The van der Waals surface area contributed by atoms with Crippen molar-refractivity contribution in [2.75, 3.05) is 18.8 Å². The highest BCUT2D eigenvalue weighted by Crippen LogP contribution is 2.27. The number of nitrogens with one attached hydrogen (secondary N) is 1. The Hall–Kier alpha value is -3.29. The van der Waals surface area contributed by atoms with Gasteiger partial charge in [-0.05, 0) is 12.8 Å². The fraction of sp³-hybridized carbons (Fsp3) is 0.278. The molecule has 1 fully saturated rings. The van der Waals surface area contributed by atoms with Crippen molar-refractivity contribution < 1.29 is 4.79 Å². The molecule has 1 aliphatic heterocycles. The Bertz CT molecular complexity index is 909. The lowest BCUT2D eigenvalue weighted by atomic mass is 9.97. The summed E-state index contributed by atoms with van der Waals surface area (Å²) in [5.41, 5.74) is 6.96. The Morgan fingerprint density at radius 2 is 2.00 bits per heavy atom. The Morgan fingerprint density at radius 3 is 2.81 bits per heavy atom. The fourth-order valence-corrected chi connectivity index (χ4v) is 3.22. The second-order valence-corrected chi connectivity index (χ2v) is 6.29. The number of nitrogens with zero attached hydrogens (tertiary/aromatic N) is 5. The first kappa shape index (κ1) is 16.2. The molecule has 1 aromatic carbocycles. The van der Waals surface area contributed by atoms with E-state index in [0.29, 0.717) is 18.9 Å². The molecule has 3 N–H and O–H groups in total. The van der Waals surface area contributed by atoms with Crippen LogP contribution in [0.15, 0.2) is 42.7 Å². The number of aromatic amines is 1. The molecule has 1 amide bonds. The number of likely N-dealkylation sites (tertiary alicyclic amines) is 1. The van der Waals surface area contributed by atoms with Crippen LogP contribution < -0.4 is 5.73 Å². The van der Waals surface area contributed by atoms with Crippen molar-refractivity contribution in [3.05, 3.63) is 54.2 Å². The van der Waals surface area contributed by atoms with E-state index in [4.69, 9.17) is 5.73 Å². The van der Waals surface area contributed by atoms with E-state index >= 15 is 0 Å². The van der Waals surface area contributed by atoms with Crippen LogP contribution in [0.1, 0.15) is 35.1 Å². The van der Waals surface area contributed by atoms with Gasteiger partial charge in [-0.15, -0.1) is 0 Å². The normalized spacial score (nSPS) is 17.2.